The van der Waals surface area contributed by atoms with Gasteiger partial charge in [-0.15, -0.1) is 0 Å². The first-order chi connectivity index (χ1) is 8.30. The van der Waals surface area contributed by atoms with Crippen molar-refractivity contribution in [1.82, 2.24) is 4.98 Å². The molecule has 2 aromatic rings. The molecule has 2 rings (SSSR count). The van der Waals surface area contributed by atoms with Crippen molar-refractivity contribution in [3.63, 3.8) is 0 Å². The van der Waals surface area contributed by atoms with Crippen LogP contribution in [0.1, 0.15) is 42.4 Å². The maximum Gasteiger partial charge on any atom is 0.267 e. The van der Waals surface area contributed by atoms with E-state index in [0.717, 1.165) is 22.0 Å². The minimum Gasteiger partial charge on any atom is -0.364 e. The van der Waals surface area contributed by atoms with Gasteiger partial charge in [0.2, 0.25) is 0 Å². The molecule has 1 heterocycles. The second-order valence-electron chi connectivity index (χ2n) is 5.64. The number of aromatic nitrogens is 1. The fourth-order valence-electron chi connectivity index (χ4n) is 2.15. The third-order valence-electron chi connectivity index (χ3n) is 3.11. The molecule has 0 aliphatic heterocycles. The number of fused-ring (bicyclic) bond motifs is 1. The second-order valence-corrected chi connectivity index (χ2v) is 5.64. The monoisotopic (exact) mass is 242 g/mol. The van der Waals surface area contributed by atoms with E-state index in [1.54, 1.807) is 6.07 Å². The van der Waals surface area contributed by atoms with Gasteiger partial charge in [0.15, 0.2) is 0 Å². The molecule has 1 amide bonds. The highest BCUT2D eigenvalue weighted by atomic mass is 16.1. The van der Waals surface area contributed by atoms with Crippen LogP contribution < -0.4 is 5.73 Å². The molecule has 0 bridgehead atoms. The van der Waals surface area contributed by atoms with Crippen LogP contribution in [0.3, 0.4) is 0 Å². The van der Waals surface area contributed by atoms with Crippen molar-refractivity contribution in [3.8, 4) is 0 Å². The Kier molecular flexibility index (Phi) is 2.85. The molecule has 1 aromatic carbocycles. The molecule has 0 spiro atoms. The molecule has 0 unspecified atom stereocenters. The number of nitrogens with zero attached hydrogens (tertiary/aromatic N) is 1. The smallest absolute Gasteiger partial charge is 0.267 e. The maximum atomic E-state index is 11.3. The minimum absolute atomic E-state index is 0.0186. The molecule has 0 aliphatic rings. The number of amides is 1. The van der Waals surface area contributed by atoms with Gasteiger partial charge in [-0.25, -0.2) is 4.98 Å². The molecule has 0 saturated heterocycles. The first-order valence-electron chi connectivity index (χ1n) is 6.01. The van der Waals surface area contributed by atoms with Crippen LogP contribution >= 0.6 is 0 Å². The maximum absolute atomic E-state index is 11.3. The van der Waals surface area contributed by atoms with Crippen molar-refractivity contribution in [2.24, 2.45) is 5.73 Å². The molecule has 3 heteroatoms. The van der Waals surface area contributed by atoms with Crippen molar-refractivity contribution in [2.75, 3.05) is 0 Å². The summed E-state index contributed by atoms with van der Waals surface area (Å²) in [5.41, 5.74) is 8.68. The topological polar surface area (TPSA) is 56.0 Å². The lowest BCUT2D eigenvalue weighted by Gasteiger charge is -2.21. The average Bonchev–Trinajstić information content (AvgIpc) is 2.26. The summed E-state index contributed by atoms with van der Waals surface area (Å²) in [5.74, 6) is -0.483. The Morgan fingerprint density at radius 3 is 2.50 bits per heavy atom. The number of hydrogen-bond donors (Lipinski definition) is 1. The number of rotatable bonds is 1. The van der Waals surface area contributed by atoms with E-state index in [2.05, 4.69) is 31.8 Å². The van der Waals surface area contributed by atoms with E-state index in [9.17, 15) is 4.79 Å². The van der Waals surface area contributed by atoms with Gasteiger partial charge < -0.3 is 5.73 Å². The Hall–Kier alpha value is -1.90. The summed E-state index contributed by atoms with van der Waals surface area (Å²) in [5, 5.41) is 1.08. The van der Waals surface area contributed by atoms with Gasteiger partial charge in [0, 0.05) is 5.39 Å². The first-order valence-corrected chi connectivity index (χ1v) is 6.01. The van der Waals surface area contributed by atoms with E-state index in [-0.39, 0.29) is 5.41 Å². The van der Waals surface area contributed by atoms with E-state index in [1.165, 1.54) is 0 Å². The number of pyridine rings is 1. The predicted molar refractivity (Wildman–Crippen MR) is 73.7 cm³/mol. The van der Waals surface area contributed by atoms with Crippen molar-refractivity contribution < 1.29 is 4.79 Å². The summed E-state index contributed by atoms with van der Waals surface area (Å²) in [6.07, 6.45) is 0. The molecule has 0 atom stereocenters. The molecule has 94 valence electrons. The largest absolute Gasteiger partial charge is 0.364 e. The quantitative estimate of drug-likeness (QED) is 0.835. The summed E-state index contributed by atoms with van der Waals surface area (Å²) >= 11 is 0. The molecule has 0 saturated carbocycles. The van der Waals surface area contributed by atoms with Crippen LogP contribution in [0.2, 0.25) is 0 Å². The predicted octanol–water partition coefficient (Wildman–Crippen LogP) is 2.94. The zero-order valence-electron chi connectivity index (χ0n) is 11.2. The Morgan fingerprint density at radius 1 is 1.28 bits per heavy atom. The zero-order chi connectivity index (χ0) is 13.5. The summed E-state index contributed by atoms with van der Waals surface area (Å²) in [4.78, 5) is 15.7. The van der Waals surface area contributed by atoms with Gasteiger partial charge >= 0.3 is 0 Å². The Labute approximate surface area is 107 Å². The number of nitrogens with two attached hydrogens (primary N) is 1. The molecule has 0 radical (unpaired) electrons. The van der Waals surface area contributed by atoms with E-state index < -0.39 is 5.91 Å². The lowest BCUT2D eigenvalue weighted by atomic mass is 9.85. The van der Waals surface area contributed by atoms with Gasteiger partial charge in [-0.1, -0.05) is 39.0 Å². The number of aryl methyl sites for hydroxylation is 1. The molecule has 3 nitrogen and oxygen atoms in total. The van der Waals surface area contributed by atoms with E-state index in [1.807, 2.05) is 19.1 Å². The van der Waals surface area contributed by atoms with Gasteiger partial charge in [-0.3, -0.25) is 4.79 Å². The zero-order valence-corrected chi connectivity index (χ0v) is 11.2. The fraction of sp³-hybridized carbons (Fsp3) is 0.333. The van der Waals surface area contributed by atoms with Crippen molar-refractivity contribution in [2.45, 2.75) is 33.1 Å². The van der Waals surface area contributed by atoms with E-state index in [4.69, 9.17) is 5.73 Å². The molecular formula is C15H18N2O. The average molecular weight is 242 g/mol. The molecular weight excluding hydrogens is 224 g/mol. The standard InChI is InChI=1S/C15H18N2O/c1-9-8-12(14(16)18)17-13-10(9)6-5-7-11(13)15(2,3)4/h5-8H,1-4H3,(H2,16,18). The van der Waals surface area contributed by atoms with E-state index in [0.29, 0.717) is 5.69 Å². The Balaban J connectivity index is 2.86. The number of para-hydroxylation sites is 1. The third kappa shape index (κ3) is 2.08. The Morgan fingerprint density at radius 2 is 1.94 bits per heavy atom. The number of carbonyl (C=O) groups is 1. The van der Waals surface area contributed by atoms with Crippen LogP contribution in [0.5, 0.6) is 0 Å². The normalized spacial score (nSPS) is 11.8. The molecule has 0 aliphatic carbocycles. The van der Waals surface area contributed by atoms with Crippen molar-refractivity contribution in [1.29, 1.82) is 0 Å². The van der Waals surface area contributed by atoms with Crippen LogP contribution in [-0.4, -0.2) is 10.9 Å². The lowest BCUT2D eigenvalue weighted by Crippen LogP contribution is -2.16. The molecule has 0 fully saturated rings. The summed E-state index contributed by atoms with van der Waals surface area (Å²) in [7, 11) is 0. The van der Waals surface area contributed by atoms with E-state index >= 15 is 0 Å². The second kappa shape index (κ2) is 4.09. The highest BCUT2D eigenvalue weighted by Gasteiger charge is 2.19. The Bertz CT molecular complexity index is 624. The number of benzene rings is 1. The molecule has 2 N–H and O–H groups in total. The summed E-state index contributed by atoms with van der Waals surface area (Å²) in [6, 6.07) is 7.86. The SMILES string of the molecule is Cc1cc(C(N)=O)nc2c(C(C)(C)C)cccc12. The van der Waals surface area contributed by atoms with Crippen LogP contribution in [0.25, 0.3) is 10.9 Å². The lowest BCUT2D eigenvalue weighted by molar-refractivity contribution is 0.0996. The number of hydrogen-bond acceptors (Lipinski definition) is 2. The van der Waals surface area contributed by atoms with Crippen molar-refractivity contribution >= 4 is 16.8 Å². The van der Waals surface area contributed by atoms with Gasteiger partial charge in [-0.05, 0) is 29.5 Å². The van der Waals surface area contributed by atoms with Crippen molar-refractivity contribution in [3.05, 3.63) is 41.1 Å². The number of primary amides is 1. The highest BCUT2D eigenvalue weighted by Crippen LogP contribution is 2.30. The van der Waals surface area contributed by atoms with Crippen LogP contribution in [0.15, 0.2) is 24.3 Å². The van der Waals surface area contributed by atoms with Gasteiger partial charge in [0.25, 0.3) is 5.91 Å². The third-order valence-corrected chi connectivity index (χ3v) is 3.11. The van der Waals surface area contributed by atoms with Crippen LogP contribution in [0.4, 0.5) is 0 Å². The summed E-state index contributed by atoms with van der Waals surface area (Å²) in [6.45, 7) is 8.38. The highest BCUT2D eigenvalue weighted by molar-refractivity contribution is 5.95. The summed E-state index contributed by atoms with van der Waals surface area (Å²) < 4.78 is 0. The van der Waals surface area contributed by atoms with Gasteiger partial charge in [0.05, 0.1) is 5.52 Å². The fourth-order valence-corrected chi connectivity index (χ4v) is 2.15. The van der Waals surface area contributed by atoms with Crippen LogP contribution in [-0.2, 0) is 5.41 Å². The number of carbonyl (C=O) groups excluding carboxylic acids is 1. The van der Waals surface area contributed by atoms with Gasteiger partial charge in [0.1, 0.15) is 5.69 Å². The molecule has 18 heavy (non-hydrogen) atoms. The minimum atomic E-state index is -0.483. The first kappa shape index (κ1) is 12.6. The van der Waals surface area contributed by atoms with Crippen LogP contribution in [0, 0.1) is 6.92 Å². The molecule has 1 aromatic heterocycles. The van der Waals surface area contributed by atoms with Gasteiger partial charge in [-0.2, -0.15) is 0 Å².